The Morgan fingerprint density at radius 1 is 1.03 bits per heavy atom. The molecule has 38 heavy (non-hydrogen) atoms. The van der Waals surface area contributed by atoms with Crippen LogP contribution >= 0.6 is 11.6 Å². The summed E-state index contributed by atoms with van der Waals surface area (Å²) in [5.74, 6) is -0.992. The van der Waals surface area contributed by atoms with Crippen molar-refractivity contribution in [3.05, 3.63) is 118 Å². The Morgan fingerprint density at radius 2 is 1.76 bits per heavy atom. The Labute approximate surface area is 225 Å². The second kappa shape index (κ2) is 11.9. The molecular weight excluding hydrogens is 507 g/mol. The molecule has 6 nitrogen and oxygen atoms in total. The molecule has 0 aliphatic rings. The maximum absolute atomic E-state index is 15.1. The van der Waals surface area contributed by atoms with Gasteiger partial charge in [0.1, 0.15) is 17.1 Å². The van der Waals surface area contributed by atoms with Gasteiger partial charge < -0.3 is 14.7 Å². The third kappa shape index (κ3) is 5.84. The Hall–Kier alpha value is -4.23. The van der Waals surface area contributed by atoms with E-state index in [4.69, 9.17) is 21.1 Å². The van der Waals surface area contributed by atoms with Crippen molar-refractivity contribution >= 4 is 23.3 Å². The van der Waals surface area contributed by atoms with Crippen LogP contribution in [-0.2, 0) is 4.74 Å². The summed E-state index contributed by atoms with van der Waals surface area (Å²) in [6, 6.07) is 21.0. The molecule has 0 radical (unpaired) electrons. The number of aryl methyl sites for hydroxylation is 1. The number of halogens is 2. The van der Waals surface area contributed by atoms with Crippen LogP contribution in [-0.4, -0.2) is 36.1 Å². The minimum absolute atomic E-state index is 0.236. The molecule has 0 amide bonds. The first kappa shape index (κ1) is 26.8. The summed E-state index contributed by atoms with van der Waals surface area (Å²) in [6.45, 7) is 1.85. The van der Waals surface area contributed by atoms with Crippen LogP contribution in [0, 0.1) is 12.7 Å². The zero-order chi connectivity index (χ0) is 27.2. The molecule has 0 fully saturated rings. The van der Waals surface area contributed by atoms with Crippen molar-refractivity contribution < 1.29 is 23.9 Å². The Balaban J connectivity index is 1.72. The molecular formula is C30H26ClFN2O4. The topological polar surface area (TPSA) is 81.0 Å². The lowest BCUT2D eigenvalue weighted by Crippen LogP contribution is -2.12. The summed E-state index contributed by atoms with van der Waals surface area (Å²) in [6.07, 6.45) is 1.88. The van der Waals surface area contributed by atoms with E-state index in [1.165, 1.54) is 20.3 Å². The fourth-order valence-corrected chi connectivity index (χ4v) is 4.54. The van der Waals surface area contributed by atoms with Gasteiger partial charge in [0.05, 0.1) is 19.9 Å². The van der Waals surface area contributed by atoms with Crippen molar-refractivity contribution in [2.75, 3.05) is 14.2 Å². The van der Waals surface area contributed by atoms with Gasteiger partial charge in [-0.3, -0.25) is 4.98 Å². The number of aromatic nitrogens is 1. The van der Waals surface area contributed by atoms with Gasteiger partial charge in [-0.15, -0.1) is 0 Å². The number of ether oxygens (including phenoxy) is 2. The third-order valence-electron chi connectivity index (χ3n) is 6.34. The van der Waals surface area contributed by atoms with E-state index in [0.717, 1.165) is 22.4 Å². The molecule has 4 aromatic rings. The van der Waals surface area contributed by atoms with Crippen LogP contribution in [0.1, 0.15) is 45.1 Å². The van der Waals surface area contributed by atoms with E-state index in [1.54, 1.807) is 36.5 Å². The molecule has 3 aromatic carbocycles. The van der Waals surface area contributed by atoms with Gasteiger partial charge in [0.2, 0.25) is 0 Å². The Kier molecular flexibility index (Phi) is 8.38. The summed E-state index contributed by atoms with van der Waals surface area (Å²) in [5, 5.41) is 13.7. The molecule has 0 saturated heterocycles. The number of benzene rings is 3. The van der Waals surface area contributed by atoms with Gasteiger partial charge in [-0.2, -0.15) is 0 Å². The molecule has 1 atom stereocenters. The molecule has 0 aliphatic carbocycles. The predicted molar refractivity (Wildman–Crippen MR) is 145 cm³/mol. The van der Waals surface area contributed by atoms with Gasteiger partial charge in [0.15, 0.2) is 0 Å². The molecule has 4 rings (SSSR count). The van der Waals surface area contributed by atoms with E-state index in [0.29, 0.717) is 33.2 Å². The van der Waals surface area contributed by atoms with Crippen LogP contribution in [0.3, 0.4) is 0 Å². The van der Waals surface area contributed by atoms with Crippen molar-refractivity contribution in [3.8, 4) is 16.9 Å². The van der Waals surface area contributed by atoms with Crippen molar-refractivity contribution in [2.45, 2.75) is 19.3 Å². The first-order chi connectivity index (χ1) is 18.3. The number of pyridine rings is 1. The Morgan fingerprint density at radius 3 is 2.39 bits per heavy atom. The van der Waals surface area contributed by atoms with Gasteiger partial charge in [-0.1, -0.05) is 53.2 Å². The number of hydrogen-bond acceptors (Lipinski definition) is 6. The summed E-state index contributed by atoms with van der Waals surface area (Å²) in [5.41, 5.74) is 5.17. The molecule has 1 aromatic heterocycles. The average Bonchev–Trinajstić information content (AvgIpc) is 2.93. The maximum Gasteiger partial charge on any atom is 0.341 e. The standard InChI is InChI=1S/C30H26ClFN2O4/c1-18-14-22(12-13-33-18)28(34-36)17-26(24-11-9-23(31)16-27(24)32)20-6-4-19(5-7-20)21-8-10-25(30(35)38-3)29(15-21)37-2/h4-16,26,36H,17H2,1-3H3. The monoisotopic (exact) mass is 532 g/mol. The van der Waals surface area contributed by atoms with Gasteiger partial charge >= 0.3 is 5.97 Å². The third-order valence-corrected chi connectivity index (χ3v) is 6.57. The van der Waals surface area contributed by atoms with Crippen LogP contribution in [0.5, 0.6) is 5.75 Å². The fraction of sp³-hybridized carbons (Fsp3) is 0.167. The molecule has 8 heteroatoms. The van der Waals surface area contributed by atoms with Crippen molar-refractivity contribution in [1.82, 2.24) is 4.98 Å². The highest BCUT2D eigenvalue weighted by atomic mass is 35.5. The number of rotatable bonds is 8. The first-order valence-corrected chi connectivity index (χ1v) is 12.2. The van der Waals surface area contributed by atoms with E-state index in [9.17, 15) is 10.0 Å². The molecule has 0 saturated carbocycles. The zero-order valence-corrected chi connectivity index (χ0v) is 21.9. The number of carbonyl (C=O) groups excluding carboxylic acids is 1. The molecule has 0 bridgehead atoms. The largest absolute Gasteiger partial charge is 0.496 e. The van der Waals surface area contributed by atoms with Crippen LogP contribution in [0.2, 0.25) is 5.02 Å². The fourth-order valence-electron chi connectivity index (χ4n) is 4.38. The highest BCUT2D eigenvalue weighted by Gasteiger charge is 2.22. The smallest absolute Gasteiger partial charge is 0.341 e. The normalized spacial score (nSPS) is 12.2. The van der Waals surface area contributed by atoms with Gasteiger partial charge in [-0.05, 0) is 65.6 Å². The molecule has 1 N–H and O–H groups in total. The maximum atomic E-state index is 15.1. The highest BCUT2D eigenvalue weighted by Crippen LogP contribution is 2.35. The number of esters is 1. The second-order valence-corrected chi connectivity index (χ2v) is 9.12. The summed E-state index contributed by atoms with van der Waals surface area (Å²) >= 11 is 6.02. The van der Waals surface area contributed by atoms with Crippen LogP contribution in [0.4, 0.5) is 4.39 Å². The molecule has 0 aliphatic heterocycles. The highest BCUT2D eigenvalue weighted by molar-refractivity contribution is 6.30. The summed E-state index contributed by atoms with van der Waals surface area (Å²) < 4.78 is 25.3. The molecule has 0 spiro atoms. The Bertz CT molecular complexity index is 1490. The van der Waals surface area contributed by atoms with Crippen LogP contribution < -0.4 is 4.74 Å². The van der Waals surface area contributed by atoms with Gasteiger partial charge in [0.25, 0.3) is 0 Å². The number of carbonyl (C=O) groups is 1. The van der Waals surface area contributed by atoms with Crippen molar-refractivity contribution in [3.63, 3.8) is 0 Å². The van der Waals surface area contributed by atoms with Crippen LogP contribution in [0.15, 0.2) is 84.1 Å². The van der Waals surface area contributed by atoms with E-state index >= 15 is 4.39 Å². The summed E-state index contributed by atoms with van der Waals surface area (Å²) in [7, 11) is 2.81. The number of nitrogens with zero attached hydrogens (tertiary/aromatic N) is 2. The number of methoxy groups -OCH3 is 2. The van der Waals surface area contributed by atoms with Crippen molar-refractivity contribution in [1.29, 1.82) is 0 Å². The van der Waals surface area contributed by atoms with E-state index in [-0.39, 0.29) is 6.42 Å². The van der Waals surface area contributed by atoms with E-state index in [1.807, 2.05) is 43.3 Å². The number of hydrogen-bond donors (Lipinski definition) is 1. The zero-order valence-electron chi connectivity index (χ0n) is 21.1. The van der Waals surface area contributed by atoms with E-state index < -0.39 is 17.7 Å². The first-order valence-electron chi connectivity index (χ1n) is 11.8. The molecule has 1 unspecified atom stereocenters. The van der Waals surface area contributed by atoms with Gasteiger partial charge in [-0.25, -0.2) is 9.18 Å². The predicted octanol–water partition coefficient (Wildman–Crippen LogP) is 7.05. The minimum atomic E-state index is -0.484. The lowest BCUT2D eigenvalue weighted by atomic mass is 9.84. The summed E-state index contributed by atoms with van der Waals surface area (Å²) in [4.78, 5) is 16.2. The molecule has 1 heterocycles. The lowest BCUT2D eigenvalue weighted by molar-refractivity contribution is 0.0597. The SMILES string of the molecule is COC(=O)c1ccc(-c2ccc(C(CC(=NO)c3ccnc(C)c3)c3ccc(Cl)cc3F)cc2)cc1OC. The number of oxime groups is 1. The van der Waals surface area contributed by atoms with Crippen molar-refractivity contribution in [2.24, 2.45) is 5.16 Å². The molecule has 194 valence electrons. The quantitative estimate of drug-likeness (QED) is 0.114. The second-order valence-electron chi connectivity index (χ2n) is 8.68. The lowest BCUT2D eigenvalue weighted by Gasteiger charge is -2.20. The van der Waals surface area contributed by atoms with Gasteiger partial charge in [0, 0.05) is 34.8 Å². The van der Waals surface area contributed by atoms with E-state index in [2.05, 4.69) is 10.1 Å². The average molecular weight is 533 g/mol. The minimum Gasteiger partial charge on any atom is -0.496 e. The van der Waals surface area contributed by atoms with Crippen LogP contribution in [0.25, 0.3) is 11.1 Å².